The maximum absolute atomic E-state index is 6.16. The summed E-state index contributed by atoms with van der Waals surface area (Å²) in [4.78, 5) is 2.14. The van der Waals surface area contributed by atoms with Gasteiger partial charge in [0.15, 0.2) is 0 Å². The molecule has 0 saturated heterocycles. The van der Waals surface area contributed by atoms with Crippen LogP contribution in [0.4, 0.5) is 5.00 Å². The highest BCUT2D eigenvalue weighted by Gasteiger charge is 2.13. The molecule has 5 heteroatoms. The highest BCUT2D eigenvalue weighted by molar-refractivity contribution is 7.11. The summed E-state index contributed by atoms with van der Waals surface area (Å²) in [5.41, 5.74) is 1.04. The van der Waals surface area contributed by atoms with Crippen molar-refractivity contribution in [2.45, 2.75) is 5.38 Å². The van der Waals surface area contributed by atoms with E-state index in [9.17, 15) is 0 Å². The van der Waals surface area contributed by atoms with E-state index in [4.69, 9.17) is 16.3 Å². The molecular weight excluding hydrogens is 256 g/mol. The van der Waals surface area contributed by atoms with Crippen LogP contribution in [-0.2, 0) is 4.74 Å². The van der Waals surface area contributed by atoms with Crippen LogP contribution in [0, 0.1) is 0 Å². The van der Waals surface area contributed by atoms with Crippen molar-refractivity contribution in [3.63, 3.8) is 0 Å². The van der Waals surface area contributed by atoms with Crippen molar-refractivity contribution in [2.75, 3.05) is 32.2 Å². The lowest BCUT2D eigenvalue weighted by molar-refractivity contribution is 0.199. The van der Waals surface area contributed by atoms with Crippen LogP contribution >= 0.6 is 23.1 Å². The number of fused-ring (bicyclic) bond motifs is 1. The second-order valence-electron chi connectivity index (χ2n) is 3.94. The van der Waals surface area contributed by atoms with Gasteiger partial charge in [0.1, 0.15) is 5.00 Å². The smallest absolute Gasteiger partial charge is 0.119 e. The van der Waals surface area contributed by atoms with Crippen molar-refractivity contribution in [2.24, 2.45) is 0 Å². The molecule has 92 valence electrons. The number of halogens is 1. The Labute approximate surface area is 110 Å². The Hall–Kier alpha value is -0.840. The van der Waals surface area contributed by atoms with Crippen LogP contribution in [0.5, 0.6) is 0 Å². The average molecular weight is 271 g/mol. The molecule has 2 aromatic rings. The number of alkyl halides is 1. The van der Waals surface area contributed by atoms with Crippen molar-refractivity contribution < 1.29 is 4.74 Å². The van der Waals surface area contributed by atoms with E-state index in [2.05, 4.69) is 15.3 Å². The highest BCUT2D eigenvalue weighted by Crippen LogP contribution is 2.30. The van der Waals surface area contributed by atoms with Crippen LogP contribution in [0.1, 0.15) is 0 Å². The van der Waals surface area contributed by atoms with E-state index in [1.807, 2.05) is 25.2 Å². The zero-order valence-electron chi connectivity index (χ0n) is 9.89. The van der Waals surface area contributed by atoms with E-state index in [0.29, 0.717) is 6.61 Å². The zero-order valence-corrected chi connectivity index (χ0v) is 11.5. The van der Waals surface area contributed by atoms with E-state index in [0.717, 1.165) is 17.1 Å². The second kappa shape index (κ2) is 5.67. The normalized spacial score (nSPS) is 12.9. The van der Waals surface area contributed by atoms with E-state index in [1.165, 1.54) is 16.9 Å². The van der Waals surface area contributed by atoms with Gasteiger partial charge in [-0.15, -0.1) is 11.6 Å². The zero-order chi connectivity index (χ0) is 12.3. The minimum atomic E-state index is -0.00846. The third-order valence-corrected chi connectivity index (χ3v) is 3.79. The number of aromatic nitrogens is 1. The molecule has 0 radical (unpaired) electrons. The van der Waals surface area contributed by atoms with E-state index >= 15 is 0 Å². The number of benzene rings is 1. The average Bonchev–Trinajstić information content (AvgIpc) is 2.72. The maximum atomic E-state index is 6.16. The molecule has 3 nitrogen and oxygen atoms in total. The Bertz CT molecular complexity index is 488. The summed E-state index contributed by atoms with van der Waals surface area (Å²) in [6.45, 7) is 1.31. The first kappa shape index (κ1) is 12.6. The van der Waals surface area contributed by atoms with Crippen LogP contribution in [0.2, 0.25) is 0 Å². The van der Waals surface area contributed by atoms with Crippen molar-refractivity contribution in [3.05, 3.63) is 24.3 Å². The number of rotatable bonds is 5. The van der Waals surface area contributed by atoms with Gasteiger partial charge in [-0.25, -0.2) is 0 Å². The molecule has 0 saturated carbocycles. The fourth-order valence-electron chi connectivity index (χ4n) is 1.76. The predicted molar refractivity (Wildman–Crippen MR) is 74.4 cm³/mol. The Kier molecular flexibility index (Phi) is 4.20. The van der Waals surface area contributed by atoms with Crippen molar-refractivity contribution in [1.82, 2.24) is 4.37 Å². The quantitative estimate of drug-likeness (QED) is 0.781. The second-order valence-corrected chi connectivity index (χ2v) is 5.31. The van der Waals surface area contributed by atoms with Gasteiger partial charge in [-0.2, -0.15) is 4.37 Å². The molecule has 1 atom stereocenters. The molecule has 0 aliphatic carbocycles. The van der Waals surface area contributed by atoms with Crippen molar-refractivity contribution >= 4 is 39.0 Å². The Morgan fingerprint density at radius 3 is 3.00 bits per heavy atom. The summed E-state index contributed by atoms with van der Waals surface area (Å²) in [5.74, 6) is 0. The van der Waals surface area contributed by atoms with Gasteiger partial charge >= 0.3 is 0 Å². The molecule has 0 bridgehead atoms. The van der Waals surface area contributed by atoms with Gasteiger partial charge in [0.05, 0.1) is 17.5 Å². The molecule has 0 fully saturated rings. The fourth-order valence-corrected chi connectivity index (χ4v) is 2.93. The highest BCUT2D eigenvalue weighted by atomic mass is 35.5. The Morgan fingerprint density at radius 2 is 2.24 bits per heavy atom. The van der Waals surface area contributed by atoms with Gasteiger partial charge in [-0.1, -0.05) is 12.1 Å². The van der Waals surface area contributed by atoms with Crippen LogP contribution in [0.25, 0.3) is 10.9 Å². The fraction of sp³-hybridized carbons (Fsp3) is 0.417. The minimum absolute atomic E-state index is 0.00846. The monoisotopic (exact) mass is 270 g/mol. The molecule has 0 N–H and O–H groups in total. The van der Waals surface area contributed by atoms with Gasteiger partial charge in [0.25, 0.3) is 0 Å². The van der Waals surface area contributed by atoms with Crippen LogP contribution in [-0.4, -0.2) is 37.1 Å². The van der Waals surface area contributed by atoms with Crippen LogP contribution in [0.3, 0.4) is 0 Å². The van der Waals surface area contributed by atoms with Gasteiger partial charge in [0.2, 0.25) is 0 Å². The lowest BCUT2D eigenvalue weighted by atomic mass is 10.2. The SMILES string of the molecule is COCC(Cl)CN(C)c1snc2ccccc12. The number of methoxy groups -OCH3 is 1. The summed E-state index contributed by atoms with van der Waals surface area (Å²) < 4.78 is 9.46. The molecule has 1 unspecified atom stereocenters. The lowest BCUT2D eigenvalue weighted by Gasteiger charge is -2.20. The third kappa shape index (κ3) is 2.89. The van der Waals surface area contributed by atoms with E-state index < -0.39 is 0 Å². The van der Waals surface area contributed by atoms with E-state index in [-0.39, 0.29) is 5.38 Å². The summed E-state index contributed by atoms with van der Waals surface area (Å²) in [6.07, 6.45) is 0. The van der Waals surface area contributed by atoms with Gasteiger partial charge < -0.3 is 9.64 Å². The lowest BCUT2D eigenvalue weighted by Crippen LogP contribution is -2.27. The molecule has 1 aromatic heterocycles. The number of anilines is 1. The molecule has 17 heavy (non-hydrogen) atoms. The largest absolute Gasteiger partial charge is 0.383 e. The van der Waals surface area contributed by atoms with E-state index in [1.54, 1.807) is 7.11 Å². The number of hydrogen-bond acceptors (Lipinski definition) is 4. The Balaban J connectivity index is 2.16. The number of hydrogen-bond donors (Lipinski definition) is 0. The molecule has 1 aromatic carbocycles. The summed E-state index contributed by atoms with van der Waals surface area (Å²) in [7, 11) is 3.70. The number of nitrogens with zero attached hydrogens (tertiary/aromatic N) is 2. The minimum Gasteiger partial charge on any atom is -0.383 e. The first-order chi connectivity index (χ1) is 8.22. The molecule has 1 heterocycles. The predicted octanol–water partition coefficient (Wildman–Crippen LogP) is 2.99. The Morgan fingerprint density at radius 1 is 1.47 bits per heavy atom. The molecule has 0 aliphatic heterocycles. The summed E-state index contributed by atoms with van der Waals surface area (Å²) >= 11 is 7.67. The first-order valence-corrected chi connectivity index (χ1v) is 6.62. The van der Waals surface area contributed by atoms with Gasteiger partial charge in [-0.3, -0.25) is 0 Å². The van der Waals surface area contributed by atoms with Gasteiger partial charge in [0, 0.05) is 26.1 Å². The molecule has 2 rings (SSSR count). The number of ether oxygens (including phenoxy) is 1. The topological polar surface area (TPSA) is 25.4 Å². The maximum Gasteiger partial charge on any atom is 0.119 e. The summed E-state index contributed by atoms with van der Waals surface area (Å²) in [5, 5.41) is 2.33. The first-order valence-electron chi connectivity index (χ1n) is 5.41. The molecule has 0 aliphatic rings. The molecule has 0 amide bonds. The summed E-state index contributed by atoms with van der Waals surface area (Å²) in [6, 6.07) is 8.14. The molecule has 0 spiro atoms. The van der Waals surface area contributed by atoms with Crippen molar-refractivity contribution in [3.8, 4) is 0 Å². The van der Waals surface area contributed by atoms with Gasteiger partial charge in [-0.05, 0) is 23.7 Å². The molecular formula is C12H15ClN2OS. The third-order valence-electron chi connectivity index (χ3n) is 2.53. The standard InChI is InChI=1S/C12H15ClN2OS/c1-15(7-9(13)8-16-2)12-10-5-3-4-6-11(10)14-17-12/h3-6,9H,7-8H2,1-2H3. The van der Waals surface area contributed by atoms with Crippen LogP contribution < -0.4 is 4.90 Å². The van der Waals surface area contributed by atoms with Crippen molar-refractivity contribution in [1.29, 1.82) is 0 Å². The van der Waals surface area contributed by atoms with Crippen LogP contribution in [0.15, 0.2) is 24.3 Å².